The lowest BCUT2D eigenvalue weighted by molar-refractivity contribution is -0.154. The Morgan fingerprint density at radius 1 is 1.19 bits per heavy atom. The van der Waals surface area contributed by atoms with Crippen LogP contribution >= 0.6 is 0 Å². The van der Waals surface area contributed by atoms with Gasteiger partial charge in [-0.3, -0.25) is 9.59 Å². The van der Waals surface area contributed by atoms with Gasteiger partial charge in [-0.05, 0) is 56.7 Å². The van der Waals surface area contributed by atoms with Gasteiger partial charge in [-0.1, -0.05) is 32.4 Å². The molecule has 2 rings (SSSR count). The van der Waals surface area contributed by atoms with Crippen molar-refractivity contribution < 1.29 is 33.7 Å². The number of esters is 1. The van der Waals surface area contributed by atoms with Gasteiger partial charge < -0.3 is 35.3 Å². The van der Waals surface area contributed by atoms with Gasteiger partial charge in [0.1, 0.15) is 17.8 Å². The maximum Gasteiger partial charge on any atom is 0.328 e. The molecule has 1 heterocycles. The van der Waals surface area contributed by atoms with E-state index in [0.717, 1.165) is 24.8 Å². The molecule has 4 N–H and O–H groups in total. The summed E-state index contributed by atoms with van der Waals surface area (Å²) in [4.78, 5) is 39.9. The highest BCUT2D eigenvalue weighted by Gasteiger charge is 2.36. The molecule has 0 bridgehead atoms. The third-order valence-electron chi connectivity index (χ3n) is 6.65. The van der Waals surface area contributed by atoms with Gasteiger partial charge in [-0.2, -0.15) is 0 Å². The van der Waals surface area contributed by atoms with Crippen molar-refractivity contribution in [3.8, 4) is 5.75 Å². The van der Waals surface area contributed by atoms with Crippen LogP contribution in [0.15, 0.2) is 24.3 Å². The number of nitrogens with zero attached hydrogens (tertiary/aromatic N) is 1. The van der Waals surface area contributed by atoms with Gasteiger partial charge in [0, 0.05) is 13.0 Å². The quantitative estimate of drug-likeness (QED) is 0.334. The Kier molecular flexibility index (Phi) is 12.3. The summed E-state index contributed by atoms with van der Waals surface area (Å²) in [7, 11) is 1.24. The Hall–Kier alpha value is -2.69. The summed E-state index contributed by atoms with van der Waals surface area (Å²) in [6, 6.07) is 4.62. The summed E-state index contributed by atoms with van der Waals surface area (Å²) in [5.41, 5.74) is 7.06. The minimum atomic E-state index is -0.927. The summed E-state index contributed by atoms with van der Waals surface area (Å²) in [5, 5.41) is 12.7. The zero-order valence-electron chi connectivity index (χ0n) is 22.6. The molecule has 208 valence electrons. The van der Waals surface area contributed by atoms with Gasteiger partial charge in [-0.15, -0.1) is 0 Å². The maximum absolute atomic E-state index is 13.5. The molecule has 0 saturated carbocycles. The number of methoxy groups -OCH3 is 1. The number of nitrogens with two attached hydrogens (primary N) is 1. The van der Waals surface area contributed by atoms with E-state index >= 15 is 0 Å². The second kappa shape index (κ2) is 14.9. The smallest absolute Gasteiger partial charge is 0.328 e. The third kappa shape index (κ3) is 9.28. The van der Waals surface area contributed by atoms with Crippen LogP contribution in [0.3, 0.4) is 0 Å². The lowest BCUT2D eigenvalue weighted by Gasteiger charge is -2.34. The van der Waals surface area contributed by atoms with Crippen molar-refractivity contribution >= 4 is 17.8 Å². The van der Waals surface area contributed by atoms with Crippen molar-refractivity contribution in [1.82, 2.24) is 10.2 Å². The number of hydrogen-bond donors (Lipinski definition) is 3. The lowest BCUT2D eigenvalue weighted by atomic mass is 9.96. The predicted octanol–water partition coefficient (Wildman–Crippen LogP) is 1.76. The summed E-state index contributed by atoms with van der Waals surface area (Å²) in [6.07, 6.45) is 2.74. The molecule has 1 aliphatic rings. The molecule has 1 aliphatic heterocycles. The van der Waals surface area contributed by atoms with Gasteiger partial charge in [0.05, 0.1) is 25.9 Å². The Morgan fingerprint density at radius 2 is 1.86 bits per heavy atom. The largest absolute Gasteiger partial charge is 0.467 e. The van der Waals surface area contributed by atoms with Crippen LogP contribution in [0.25, 0.3) is 0 Å². The minimum absolute atomic E-state index is 0.0791. The zero-order chi connectivity index (χ0) is 27.5. The van der Waals surface area contributed by atoms with Gasteiger partial charge >= 0.3 is 5.97 Å². The van der Waals surface area contributed by atoms with E-state index in [1.165, 1.54) is 25.9 Å². The number of amides is 2. The van der Waals surface area contributed by atoms with Gasteiger partial charge in [0.2, 0.25) is 11.8 Å². The average Bonchev–Trinajstić information content (AvgIpc) is 2.90. The molecular weight excluding hydrogens is 478 g/mol. The number of benzene rings is 1. The predicted molar refractivity (Wildman–Crippen MR) is 139 cm³/mol. The molecule has 37 heavy (non-hydrogen) atoms. The molecule has 1 saturated heterocycles. The van der Waals surface area contributed by atoms with Crippen molar-refractivity contribution in [2.24, 2.45) is 11.7 Å². The van der Waals surface area contributed by atoms with Crippen molar-refractivity contribution in [1.29, 1.82) is 0 Å². The highest BCUT2D eigenvalue weighted by Crippen LogP contribution is 2.20. The summed E-state index contributed by atoms with van der Waals surface area (Å²) >= 11 is 0. The molecule has 6 atom stereocenters. The minimum Gasteiger partial charge on any atom is -0.467 e. The maximum atomic E-state index is 13.5. The zero-order valence-corrected chi connectivity index (χ0v) is 22.6. The van der Waals surface area contributed by atoms with Crippen molar-refractivity contribution in [2.45, 2.75) is 90.3 Å². The normalized spacial score (nSPS) is 19.6. The SMILES string of the molecule is CC[C@H](C)[C@H](NC(=O)[C@@H](N)Cc1ccc(OC2CCCCO2)cc1)C(=O)N(CC(C)O)[C@@H](C)C(=O)OC. The molecule has 10 nitrogen and oxygen atoms in total. The summed E-state index contributed by atoms with van der Waals surface area (Å²) < 4.78 is 16.2. The number of carbonyl (C=O) groups is 3. The molecule has 2 unspecified atom stereocenters. The van der Waals surface area contributed by atoms with E-state index in [1.54, 1.807) is 0 Å². The topological polar surface area (TPSA) is 140 Å². The summed E-state index contributed by atoms with van der Waals surface area (Å²) in [6.45, 7) is 7.42. The second-order valence-corrected chi connectivity index (χ2v) is 9.78. The molecule has 1 fully saturated rings. The van der Waals surface area contributed by atoms with Crippen LogP contribution in [0, 0.1) is 5.92 Å². The average molecular weight is 522 g/mol. The fourth-order valence-corrected chi connectivity index (χ4v) is 4.15. The second-order valence-electron chi connectivity index (χ2n) is 9.78. The first-order valence-corrected chi connectivity index (χ1v) is 13.1. The number of nitrogens with one attached hydrogen (secondary N) is 1. The third-order valence-corrected chi connectivity index (χ3v) is 6.65. The number of aliphatic hydroxyl groups is 1. The van der Waals surface area contributed by atoms with Crippen LogP contribution in [-0.4, -0.2) is 78.6 Å². The number of rotatable bonds is 13. The molecule has 0 aliphatic carbocycles. The van der Waals surface area contributed by atoms with Crippen LogP contribution in [0.1, 0.15) is 58.9 Å². The number of ether oxygens (including phenoxy) is 3. The number of hydrogen-bond acceptors (Lipinski definition) is 8. The first-order valence-electron chi connectivity index (χ1n) is 13.1. The number of carbonyl (C=O) groups excluding carboxylic acids is 3. The van der Waals surface area contributed by atoms with Crippen LogP contribution < -0.4 is 15.8 Å². The van der Waals surface area contributed by atoms with E-state index in [1.807, 2.05) is 38.1 Å². The highest BCUT2D eigenvalue weighted by molar-refractivity contribution is 5.92. The Morgan fingerprint density at radius 3 is 2.41 bits per heavy atom. The molecule has 1 aromatic rings. The van der Waals surface area contributed by atoms with E-state index < -0.39 is 42.0 Å². The molecule has 2 amide bonds. The molecular formula is C27H43N3O7. The molecule has 0 spiro atoms. The fraction of sp³-hybridized carbons (Fsp3) is 0.667. The van der Waals surface area contributed by atoms with Crippen LogP contribution in [0.5, 0.6) is 5.75 Å². The van der Waals surface area contributed by atoms with E-state index in [2.05, 4.69) is 5.32 Å². The Bertz CT molecular complexity index is 871. The van der Waals surface area contributed by atoms with Crippen molar-refractivity contribution in [2.75, 3.05) is 20.3 Å². The first kappa shape index (κ1) is 30.5. The van der Waals surface area contributed by atoms with E-state index in [0.29, 0.717) is 18.8 Å². The fourth-order valence-electron chi connectivity index (χ4n) is 4.15. The van der Waals surface area contributed by atoms with Crippen molar-refractivity contribution in [3.63, 3.8) is 0 Å². The van der Waals surface area contributed by atoms with Crippen LogP contribution in [0.2, 0.25) is 0 Å². The van der Waals surface area contributed by atoms with E-state index in [4.69, 9.17) is 19.9 Å². The van der Waals surface area contributed by atoms with E-state index in [-0.39, 0.29) is 25.2 Å². The van der Waals surface area contributed by atoms with Gasteiger partial charge in [0.25, 0.3) is 0 Å². The number of aliphatic hydroxyl groups excluding tert-OH is 1. The molecule has 0 aromatic heterocycles. The van der Waals surface area contributed by atoms with Crippen LogP contribution in [0.4, 0.5) is 0 Å². The van der Waals surface area contributed by atoms with Gasteiger partial charge in [0.15, 0.2) is 6.29 Å². The Balaban J connectivity index is 2.06. The first-order chi connectivity index (χ1) is 17.6. The Labute approximate surface area is 219 Å². The highest BCUT2D eigenvalue weighted by atomic mass is 16.7. The lowest BCUT2D eigenvalue weighted by Crippen LogP contribution is -2.58. The molecule has 0 radical (unpaired) electrons. The van der Waals surface area contributed by atoms with Gasteiger partial charge in [-0.25, -0.2) is 4.79 Å². The van der Waals surface area contributed by atoms with Crippen molar-refractivity contribution in [3.05, 3.63) is 29.8 Å². The van der Waals surface area contributed by atoms with Crippen LogP contribution in [-0.2, 0) is 30.3 Å². The molecule has 1 aromatic carbocycles. The molecule has 10 heteroatoms. The van der Waals surface area contributed by atoms with E-state index in [9.17, 15) is 19.5 Å². The monoisotopic (exact) mass is 521 g/mol. The standard InChI is InChI=1S/C27H43N3O7/c1-6-17(2)24(26(33)30(16-18(3)31)19(4)27(34)35-5)29-25(32)22(28)15-20-10-12-21(13-11-20)37-23-9-7-8-14-36-23/h10-13,17-19,22-24,31H,6-9,14-16,28H2,1-5H3,(H,29,32)/t17-,18?,19-,22-,23?,24-/m0/s1. The summed E-state index contributed by atoms with van der Waals surface area (Å²) in [5.74, 6) is -1.10.